The van der Waals surface area contributed by atoms with Gasteiger partial charge >= 0.3 is 0 Å². The Morgan fingerprint density at radius 3 is 2.59 bits per heavy atom. The molecule has 2 N–H and O–H groups in total. The highest BCUT2D eigenvalue weighted by molar-refractivity contribution is 7.18. The fourth-order valence-electron chi connectivity index (χ4n) is 5.58. The summed E-state index contributed by atoms with van der Waals surface area (Å²) >= 11 is 1.68. The van der Waals surface area contributed by atoms with E-state index < -0.39 is 0 Å². The highest BCUT2D eigenvalue weighted by Crippen LogP contribution is 2.30. The summed E-state index contributed by atoms with van der Waals surface area (Å²) in [5.41, 5.74) is 5.49. The zero-order valence-corrected chi connectivity index (χ0v) is 22.8. The fraction of sp³-hybridized carbons (Fsp3) is 0.433. The number of nitrogens with zero attached hydrogens (tertiary/aromatic N) is 6. The van der Waals surface area contributed by atoms with Gasteiger partial charge in [0.2, 0.25) is 5.95 Å². The molecule has 39 heavy (non-hydrogen) atoms. The van der Waals surface area contributed by atoms with E-state index in [2.05, 4.69) is 33.4 Å². The molecule has 9 heteroatoms. The van der Waals surface area contributed by atoms with Gasteiger partial charge in [-0.2, -0.15) is 5.26 Å². The molecule has 0 amide bonds. The first kappa shape index (κ1) is 25.8. The summed E-state index contributed by atoms with van der Waals surface area (Å²) in [6.07, 6.45) is 11.1. The zero-order valence-electron chi connectivity index (χ0n) is 22.0. The molecule has 4 aromatic rings. The Balaban J connectivity index is 1.25. The molecular formula is C30H33N7OS. The van der Waals surface area contributed by atoms with E-state index >= 15 is 0 Å². The molecule has 1 aliphatic heterocycles. The van der Waals surface area contributed by atoms with Crippen molar-refractivity contribution >= 4 is 27.5 Å². The smallest absolute Gasteiger partial charge is 0.223 e. The summed E-state index contributed by atoms with van der Waals surface area (Å²) in [5, 5.41) is 23.7. The number of nitriles is 1. The van der Waals surface area contributed by atoms with Gasteiger partial charge in [0.25, 0.3) is 0 Å². The van der Waals surface area contributed by atoms with Gasteiger partial charge in [0.15, 0.2) is 0 Å². The molecule has 2 aliphatic rings. The minimum absolute atomic E-state index is 0.184. The quantitative estimate of drug-likeness (QED) is 0.325. The van der Waals surface area contributed by atoms with Crippen LogP contribution in [-0.4, -0.2) is 55.2 Å². The van der Waals surface area contributed by atoms with Crippen molar-refractivity contribution in [2.75, 3.05) is 18.4 Å². The largest absolute Gasteiger partial charge is 0.393 e. The number of aromatic nitrogens is 4. The first-order valence-corrected chi connectivity index (χ1v) is 14.7. The van der Waals surface area contributed by atoms with Gasteiger partial charge < -0.3 is 10.4 Å². The molecule has 0 unspecified atom stereocenters. The second kappa shape index (κ2) is 11.7. The third-order valence-electron chi connectivity index (χ3n) is 7.66. The molecule has 0 radical (unpaired) electrons. The van der Waals surface area contributed by atoms with E-state index in [1.165, 1.54) is 19.3 Å². The van der Waals surface area contributed by atoms with Crippen LogP contribution in [0.4, 0.5) is 5.95 Å². The SMILES string of the molecule is N#Cc1cncc(-c2ccc3nc(Cc4cc(CN5CCCCC5)nc(NC5CCC(O)CC5)n4)sc3c2)c1. The Kier molecular flexibility index (Phi) is 7.77. The van der Waals surface area contributed by atoms with E-state index in [0.29, 0.717) is 24.0 Å². The van der Waals surface area contributed by atoms with Gasteiger partial charge in [-0.25, -0.2) is 15.0 Å². The van der Waals surface area contributed by atoms with E-state index in [9.17, 15) is 10.4 Å². The minimum Gasteiger partial charge on any atom is -0.393 e. The molecule has 1 aromatic carbocycles. The number of aliphatic hydroxyl groups is 1. The lowest BCUT2D eigenvalue weighted by Gasteiger charge is -2.27. The predicted molar refractivity (Wildman–Crippen MR) is 153 cm³/mol. The lowest BCUT2D eigenvalue weighted by atomic mass is 9.93. The molecule has 4 heterocycles. The number of fused-ring (bicyclic) bond motifs is 1. The van der Waals surface area contributed by atoms with Crippen LogP contribution in [0, 0.1) is 11.3 Å². The van der Waals surface area contributed by atoms with Crippen molar-refractivity contribution < 1.29 is 5.11 Å². The number of hydrogen-bond acceptors (Lipinski definition) is 9. The number of anilines is 1. The standard InChI is InChI=1S/C30H33N7OS/c31-16-20-12-22(18-32-17-20)21-4-9-27-28(13-21)39-29(36-27)15-24-14-25(19-37-10-2-1-3-11-37)35-30(34-24)33-23-5-7-26(38)8-6-23/h4,9,12-14,17-18,23,26,38H,1-3,5-8,10-11,15,19H2,(H,33,34,35). The molecule has 6 rings (SSSR count). The van der Waals surface area contributed by atoms with Gasteiger partial charge in [-0.1, -0.05) is 12.5 Å². The number of aliphatic hydroxyl groups excluding tert-OH is 1. The normalized spacial score (nSPS) is 20.1. The molecule has 0 bridgehead atoms. The van der Waals surface area contributed by atoms with Crippen LogP contribution in [0.5, 0.6) is 0 Å². The maximum absolute atomic E-state index is 9.91. The number of hydrogen-bond donors (Lipinski definition) is 2. The zero-order chi connectivity index (χ0) is 26.6. The van der Waals surface area contributed by atoms with Crippen LogP contribution < -0.4 is 5.32 Å². The molecule has 3 aromatic heterocycles. The van der Waals surface area contributed by atoms with Crippen LogP contribution in [0.1, 0.15) is 66.9 Å². The van der Waals surface area contributed by atoms with Crippen molar-refractivity contribution in [2.24, 2.45) is 0 Å². The number of nitrogens with one attached hydrogen (secondary N) is 1. The Hall–Kier alpha value is -3.45. The number of pyridine rings is 1. The van der Waals surface area contributed by atoms with Gasteiger partial charge in [-0.3, -0.25) is 9.88 Å². The van der Waals surface area contributed by atoms with E-state index in [1.54, 1.807) is 23.7 Å². The van der Waals surface area contributed by atoms with Crippen LogP contribution in [0.3, 0.4) is 0 Å². The van der Waals surface area contributed by atoms with Crippen molar-refractivity contribution in [1.82, 2.24) is 24.8 Å². The fourth-order valence-corrected chi connectivity index (χ4v) is 6.60. The number of benzene rings is 1. The predicted octanol–water partition coefficient (Wildman–Crippen LogP) is 5.31. The van der Waals surface area contributed by atoms with E-state index in [0.717, 1.165) is 83.1 Å². The number of piperidine rings is 1. The molecule has 8 nitrogen and oxygen atoms in total. The lowest BCUT2D eigenvalue weighted by Crippen LogP contribution is -2.31. The maximum Gasteiger partial charge on any atom is 0.223 e. The van der Waals surface area contributed by atoms with Crippen LogP contribution in [-0.2, 0) is 13.0 Å². The van der Waals surface area contributed by atoms with Crippen LogP contribution in [0.2, 0.25) is 0 Å². The highest BCUT2D eigenvalue weighted by Gasteiger charge is 2.21. The maximum atomic E-state index is 9.91. The second-order valence-electron chi connectivity index (χ2n) is 10.7. The van der Waals surface area contributed by atoms with E-state index in [-0.39, 0.29) is 6.10 Å². The average molecular weight is 540 g/mol. The van der Waals surface area contributed by atoms with Crippen molar-refractivity contribution in [2.45, 2.75) is 70.1 Å². The van der Waals surface area contributed by atoms with E-state index in [1.807, 2.05) is 18.2 Å². The average Bonchev–Trinajstić information content (AvgIpc) is 3.36. The monoisotopic (exact) mass is 539 g/mol. The second-order valence-corrected chi connectivity index (χ2v) is 11.8. The van der Waals surface area contributed by atoms with Crippen LogP contribution in [0.25, 0.3) is 21.3 Å². The minimum atomic E-state index is -0.184. The summed E-state index contributed by atoms with van der Waals surface area (Å²) in [7, 11) is 0. The number of thiazole rings is 1. The molecule has 1 saturated carbocycles. The van der Waals surface area contributed by atoms with Crippen LogP contribution >= 0.6 is 11.3 Å². The third-order valence-corrected chi connectivity index (χ3v) is 8.68. The summed E-state index contributed by atoms with van der Waals surface area (Å²) in [5.74, 6) is 0.689. The summed E-state index contributed by atoms with van der Waals surface area (Å²) < 4.78 is 1.10. The molecule has 2 fully saturated rings. The van der Waals surface area contributed by atoms with Gasteiger partial charge in [-0.05, 0) is 81.4 Å². The first-order chi connectivity index (χ1) is 19.1. The molecule has 1 saturated heterocycles. The summed E-state index contributed by atoms with van der Waals surface area (Å²) in [6, 6.07) is 12.7. The van der Waals surface area contributed by atoms with Gasteiger partial charge in [0, 0.05) is 37.0 Å². The van der Waals surface area contributed by atoms with Crippen molar-refractivity contribution in [3.63, 3.8) is 0 Å². The summed E-state index contributed by atoms with van der Waals surface area (Å²) in [6.45, 7) is 3.08. The van der Waals surface area contributed by atoms with Gasteiger partial charge in [-0.15, -0.1) is 11.3 Å². The molecular weight excluding hydrogens is 506 g/mol. The van der Waals surface area contributed by atoms with Crippen molar-refractivity contribution in [1.29, 1.82) is 5.26 Å². The molecule has 1 aliphatic carbocycles. The Bertz CT molecular complexity index is 1480. The van der Waals surface area contributed by atoms with Crippen molar-refractivity contribution in [3.8, 4) is 17.2 Å². The van der Waals surface area contributed by atoms with Crippen molar-refractivity contribution in [3.05, 3.63) is 64.7 Å². The Labute approximate surface area is 232 Å². The number of likely N-dealkylation sites (tertiary alicyclic amines) is 1. The van der Waals surface area contributed by atoms with Gasteiger partial charge in [0.1, 0.15) is 6.07 Å². The number of rotatable bonds is 7. The third kappa shape index (κ3) is 6.41. The van der Waals surface area contributed by atoms with Gasteiger partial charge in [0.05, 0.1) is 38.3 Å². The highest BCUT2D eigenvalue weighted by atomic mass is 32.1. The molecule has 200 valence electrons. The first-order valence-electron chi connectivity index (χ1n) is 13.9. The molecule has 0 spiro atoms. The van der Waals surface area contributed by atoms with Crippen LogP contribution in [0.15, 0.2) is 42.7 Å². The van der Waals surface area contributed by atoms with E-state index in [4.69, 9.17) is 15.0 Å². The Morgan fingerprint density at radius 1 is 0.949 bits per heavy atom. The lowest BCUT2D eigenvalue weighted by molar-refractivity contribution is 0.126. The topological polar surface area (TPSA) is 111 Å². The summed E-state index contributed by atoms with van der Waals surface area (Å²) in [4.78, 5) is 21.4. The molecule has 0 atom stereocenters. The Morgan fingerprint density at radius 2 is 1.77 bits per heavy atom.